The molecule has 0 aromatic carbocycles. The third-order valence-corrected chi connectivity index (χ3v) is 5.88. The van der Waals surface area contributed by atoms with E-state index in [9.17, 15) is 9.90 Å². The number of aromatic nitrogens is 4. The van der Waals surface area contributed by atoms with Gasteiger partial charge in [-0.3, -0.25) is 4.68 Å². The molecule has 1 atom stereocenters. The molecule has 25 heavy (non-hydrogen) atoms. The number of nitrogens with one attached hydrogen (secondary N) is 1. The highest BCUT2D eigenvalue weighted by Gasteiger charge is 2.28. The van der Waals surface area contributed by atoms with Crippen molar-refractivity contribution in [1.82, 2.24) is 24.6 Å². The zero-order valence-electron chi connectivity index (χ0n) is 14.4. The fourth-order valence-electron chi connectivity index (χ4n) is 3.73. The first-order chi connectivity index (χ1) is 12.2. The Morgan fingerprint density at radius 1 is 1.52 bits per heavy atom. The van der Waals surface area contributed by atoms with Gasteiger partial charge in [-0.15, -0.1) is 0 Å². The molecule has 2 N–H and O–H groups in total. The third kappa shape index (κ3) is 3.20. The molecule has 2 aliphatic rings. The van der Waals surface area contributed by atoms with Crippen LogP contribution in [0.5, 0.6) is 0 Å². The maximum absolute atomic E-state index is 11.5. The van der Waals surface area contributed by atoms with E-state index in [1.807, 2.05) is 4.68 Å². The van der Waals surface area contributed by atoms with Gasteiger partial charge >= 0.3 is 5.97 Å². The number of rotatable bonds is 6. The van der Waals surface area contributed by atoms with Gasteiger partial charge in [-0.2, -0.15) is 5.10 Å². The predicted molar refractivity (Wildman–Crippen MR) is 95.1 cm³/mol. The molecule has 134 valence electrons. The molecule has 0 amide bonds. The number of carbonyl (C=O) groups is 1. The van der Waals surface area contributed by atoms with Crippen molar-refractivity contribution in [3.8, 4) is 0 Å². The SMILES string of the molecule is CCCn1nc(C(=O)O)c2c1CC[C@@H](NCc1cn3c(n1)SCC3)C2. The second kappa shape index (κ2) is 6.84. The first kappa shape index (κ1) is 16.7. The van der Waals surface area contributed by atoms with E-state index in [0.29, 0.717) is 0 Å². The Balaban J connectivity index is 1.45. The van der Waals surface area contributed by atoms with E-state index < -0.39 is 5.97 Å². The van der Waals surface area contributed by atoms with Crippen molar-refractivity contribution in [3.63, 3.8) is 0 Å². The Bertz CT molecular complexity index is 776. The third-order valence-electron chi connectivity index (χ3n) is 4.91. The van der Waals surface area contributed by atoms with Gasteiger partial charge in [0.2, 0.25) is 0 Å². The van der Waals surface area contributed by atoms with E-state index in [1.54, 1.807) is 11.8 Å². The number of hydrogen-bond donors (Lipinski definition) is 2. The molecule has 1 aliphatic heterocycles. The molecule has 7 nitrogen and oxygen atoms in total. The van der Waals surface area contributed by atoms with Crippen LogP contribution in [0.15, 0.2) is 11.4 Å². The molecule has 0 fully saturated rings. The number of hydrogen-bond acceptors (Lipinski definition) is 5. The Morgan fingerprint density at radius 2 is 2.40 bits per heavy atom. The van der Waals surface area contributed by atoms with Gasteiger partial charge in [-0.25, -0.2) is 9.78 Å². The van der Waals surface area contributed by atoms with Gasteiger partial charge in [0.05, 0.1) is 5.69 Å². The molecule has 2 aromatic heterocycles. The summed E-state index contributed by atoms with van der Waals surface area (Å²) in [5.41, 5.74) is 3.31. The van der Waals surface area contributed by atoms with E-state index in [2.05, 4.69) is 33.1 Å². The molecular formula is C17H23N5O2S. The van der Waals surface area contributed by atoms with Gasteiger partial charge < -0.3 is 15.0 Å². The monoisotopic (exact) mass is 361 g/mol. The summed E-state index contributed by atoms with van der Waals surface area (Å²) in [6.07, 6.45) is 5.69. The smallest absolute Gasteiger partial charge is 0.356 e. The number of aromatic carboxylic acids is 1. The summed E-state index contributed by atoms with van der Waals surface area (Å²) in [4.78, 5) is 16.2. The number of aryl methyl sites for hydroxylation is 2. The lowest BCUT2D eigenvalue weighted by atomic mass is 9.91. The van der Waals surface area contributed by atoms with Crippen LogP contribution in [0.4, 0.5) is 0 Å². The van der Waals surface area contributed by atoms with Crippen molar-refractivity contribution in [2.45, 2.75) is 63.4 Å². The first-order valence-corrected chi connectivity index (χ1v) is 9.88. The minimum Gasteiger partial charge on any atom is -0.476 e. The maximum Gasteiger partial charge on any atom is 0.356 e. The number of thioether (sulfide) groups is 1. The summed E-state index contributed by atoms with van der Waals surface area (Å²) in [5.74, 6) is 0.190. The maximum atomic E-state index is 11.5. The Hall–Kier alpha value is -1.80. The zero-order valence-corrected chi connectivity index (χ0v) is 15.2. The molecule has 0 spiro atoms. The van der Waals surface area contributed by atoms with Crippen molar-refractivity contribution in [2.24, 2.45) is 0 Å². The molecule has 3 heterocycles. The summed E-state index contributed by atoms with van der Waals surface area (Å²) in [6.45, 7) is 4.64. The fourth-order valence-corrected chi connectivity index (χ4v) is 4.69. The van der Waals surface area contributed by atoms with Crippen LogP contribution < -0.4 is 5.32 Å². The van der Waals surface area contributed by atoms with Crippen LogP contribution in [0.25, 0.3) is 0 Å². The van der Waals surface area contributed by atoms with Crippen molar-refractivity contribution < 1.29 is 9.90 Å². The standard InChI is InChI=1S/C17H23N5O2S/c1-2-5-22-14-4-3-11(8-13(14)15(20-22)16(23)24)18-9-12-10-21-6-7-25-17(21)19-12/h10-11,18H,2-9H2,1H3,(H,23,24)/t11-/m1/s1. The number of carboxylic acids is 1. The van der Waals surface area contributed by atoms with Crippen molar-refractivity contribution in [2.75, 3.05) is 5.75 Å². The number of fused-ring (bicyclic) bond motifs is 2. The van der Waals surface area contributed by atoms with Crippen LogP contribution in [0.3, 0.4) is 0 Å². The second-order valence-electron chi connectivity index (χ2n) is 6.68. The summed E-state index contributed by atoms with van der Waals surface area (Å²) in [5, 5.41) is 18.5. The Labute approximate surface area is 150 Å². The Morgan fingerprint density at radius 3 is 3.16 bits per heavy atom. The van der Waals surface area contributed by atoms with Gasteiger partial charge in [0.1, 0.15) is 0 Å². The second-order valence-corrected chi connectivity index (χ2v) is 7.74. The lowest BCUT2D eigenvalue weighted by Gasteiger charge is -2.24. The minimum absolute atomic E-state index is 0.229. The van der Waals surface area contributed by atoms with Gasteiger partial charge in [0.15, 0.2) is 10.9 Å². The highest BCUT2D eigenvalue weighted by Crippen LogP contribution is 2.27. The van der Waals surface area contributed by atoms with Gasteiger partial charge in [-0.1, -0.05) is 18.7 Å². The molecule has 0 unspecified atom stereocenters. The largest absolute Gasteiger partial charge is 0.476 e. The van der Waals surface area contributed by atoms with Crippen LogP contribution in [0, 0.1) is 0 Å². The normalized spacial score (nSPS) is 19.0. The molecule has 0 saturated heterocycles. The van der Waals surface area contributed by atoms with Crippen LogP contribution in [-0.4, -0.2) is 42.2 Å². The number of imidazole rings is 1. The molecule has 8 heteroatoms. The van der Waals surface area contributed by atoms with E-state index >= 15 is 0 Å². The van der Waals surface area contributed by atoms with E-state index in [4.69, 9.17) is 0 Å². The Kier molecular flexibility index (Phi) is 4.56. The summed E-state index contributed by atoms with van der Waals surface area (Å²) >= 11 is 1.80. The highest BCUT2D eigenvalue weighted by molar-refractivity contribution is 7.99. The molecule has 4 rings (SSSR count). The van der Waals surface area contributed by atoms with Gasteiger partial charge in [0, 0.05) is 48.9 Å². The summed E-state index contributed by atoms with van der Waals surface area (Å²) in [7, 11) is 0. The van der Waals surface area contributed by atoms with Crippen LogP contribution >= 0.6 is 11.8 Å². The first-order valence-electron chi connectivity index (χ1n) is 8.89. The average Bonchev–Trinajstić information content (AvgIpc) is 3.26. The van der Waals surface area contributed by atoms with Crippen LogP contribution in [0.1, 0.15) is 47.2 Å². The van der Waals surface area contributed by atoms with E-state index in [-0.39, 0.29) is 11.7 Å². The molecular weight excluding hydrogens is 338 g/mol. The van der Waals surface area contributed by atoms with Crippen molar-refractivity contribution >= 4 is 17.7 Å². The van der Waals surface area contributed by atoms with E-state index in [0.717, 1.165) is 73.2 Å². The average molecular weight is 361 g/mol. The molecule has 0 bridgehead atoms. The van der Waals surface area contributed by atoms with Gasteiger partial charge in [-0.05, 0) is 25.7 Å². The quantitative estimate of drug-likeness (QED) is 0.818. The molecule has 1 aliphatic carbocycles. The predicted octanol–water partition coefficient (Wildman–Crippen LogP) is 1.94. The van der Waals surface area contributed by atoms with Gasteiger partial charge in [0.25, 0.3) is 0 Å². The summed E-state index contributed by atoms with van der Waals surface area (Å²) in [6, 6.07) is 0.272. The van der Waals surface area contributed by atoms with E-state index in [1.165, 1.54) is 0 Å². The summed E-state index contributed by atoms with van der Waals surface area (Å²) < 4.78 is 4.10. The van der Waals surface area contributed by atoms with Crippen LogP contribution in [-0.2, 0) is 32.5 Å². The molecule has 2 aromatic rings. The molecule has 0 saturated carbocycles. The minimum atomic E-state index is -0.922. The lowest BCUT2D eigenvalue weighted by molar-refractivity contribution is 0.0688. The van der Waals surface area contributed by atoms with Crippen LogP contribution in [0.2, 0.25) is 0 Å². The molecule has 0 radical (unpaired) electrons. The topological polar surface area (TPSA) is 85.0 Å². The van der Waals surface area contributed by atoms with Crippen molar-refractivity contribution in [1.29, 1.82) is 0 Å². The zero-order chi connectivity index (χ0) is 17.4. The fraction of sp³-hybridized carbons (Fsp3) is 0.588. The highest BCUT2D eigenvalue weighted by atomic mass is 32.2. The number of carboxylic acid groups (broad SMARTS) is 1. The lowest BCUT2D eigenvalue weighted by Crippen LogP contribution is -2.35. The number of nitrogens with zero attached hydrogens (tertiary/aromatic N) is 4. The van der Waals surface area contributed by atoms with Crippen molar-refractivity contribution in [3.05, 3.63) is 28.8 Å².